The van der Waals surface area contributed by atoms with Crippen LogP contribution in [0.5, 0.6) is 11.5 Å². The Morgan fingerprint density at radius 3 is 2.48 bits per heavy atom. The summed E-state index contributed by atoms with van der Waals surface area (Å²) in [4.78, 5) is 0. The Morgan fingerprint density at radius 1 is 1.04 bits per heavy atom. The zero-order chi connectivity index (χ0) is 18.8. The van der Waals surface area contributed by atoms with Gasteiger partial charge in [0.15, 0.2) is 0 Å². The molecule has 140 valence electrons. The third-order valence-electron chi connectivity index (χ3n) is 4.84. The molecule has 0 aliphatic carbocycles. The first kappa shape index (κ1) is 17.7. The number of benzene rings is 2. The van der Waals surface area contributed by atoms with E-state index in [-0.39, 0.29) is 0 Å². The Bertz CT molecular complexity index is 946. The highest BCUT2D eigenvalue weighted by Crippen LogP contribution is 2.38. The van der Waals surface area contributed by atoms with Gasteiger partial charge in [0.25, 0.3) is 0 Å². The SMILES string of the molecule is COc1cc(OC)cc(-c2nn(-c3ccccc3Cl)c3c2CCCCN3)c1. The third kappa shape index (κ3) is 3.35. The zero-order valence-electron chi connectivity index (χ0n) is 15.5. The van der Waals surface area contributed by atoms with Crippen LogP contribution in [0.1, 0.15) is 18.4 Å². The second-order valence-corrected chi connectivity index (χ2v) is 6.93. The first-order valence-corrected chi connectivity index (χ1v) is 9.43. The minimum Gasteiger partial charge on any atom is -0.497 e. The van der Waals surface area contributed by atoms with Crippen LogP contribution in [-0.2, 0) is 6.42 Å². The lowest BCUT2D eigenvalue weighted by molar-refractivity contribution is 0.394. The van der Waals surface area contributed by atoms with Gasteiger partial charge in [-0.3, -0.25) is 0 Å². The van der Waals surface area contributed by atoms with Crippen molar-refractivity contribution >= 4 is 17.4 Å². The highest BCUT2D eigenvalue weighted by molar-refractivity contribution is 6.32. The van der Waals surface area contributed by atoms with Gasteiger partial charge in [0.2, 0.25) is 0 Å². The molecule has 0 unspecified atom stereocenters. The van der Waals surface area contributed by atoms with Crippen LogP contribution in [0.4, 0.5) is 5.82 Å². The summed E-state index contributed by atoms with van der Waals surface area (Å²) < 4.78 is 12.8. The number of aromatic nitrogens is 2. The lowest BCUT2D eigenvalue weighted by Crippen LogP contribution is -2.07. The van der Waals surface area contributed by atoms with Crippen LogP contribution in [0.15, 0.2) is 42.5 Å². The fourth-order valence-corrected chi connectivity index (χ4v) is 3.69. The number of fused-ring (bicyclic) bond motifs is 1. The Balaban J connectivity index is 1.93. The van der Waals surface area contributed by atoms with Crippen LogP contribution in [0.2, 0.25) is 5.02 Å². The van der Waals surface area contributed by atoms with Crippen LogP contribution < -0.4 is 14.8 Å². The maximum Gasteiger partial charge on any atom is 0.133 e. The standard InChI is InChI=1S/C21H22ClN3O2/c1-26-15-11-14(12-16(13-15)27-2)20-17-7-5-6-10-23-21(17)25(24-20)19-9-4-3-8-18(19)22/h3-4,8-9,11-13,23H,5-7,10H2,1-2H3. The number of hydrogen-bond acceptors (Lipinski definition) is 4. The van der Waals surface area contributed by atoms with E-state index in [1.165, 1.54) is 5.56 Å². The van der Waals surface area contributed by atoms with E-state index in [2.05, 4.69) is 5.32 Å². The molecule has 0 radical (unpaired) electrons. The van der Waals surface area contributed by atoms with Crippen molar-refractivity contribution in [1.82, 2.24) is 9.78 Å². The van der Waals surface area contributed by atoms with Gasteiger partial charge in [-0.25, -0.2) is 4.68 Å². The van der Waals surface area contributed by atoms with Gasteiger partial charge in [-0.15, -0.1) is 0 Å². The maximum atomic E-state index is 6.46. The summed E-state index contributed by atoms with van der Waals surface area (Å²) in [5, 5.41) is 9.16. The predicted molar refractivity (Wildman–Crippen MR) is 109 cm³/mol. The molecule has 2 heterocycles. The summed E-state index contributed by atoms with van der Waals surface area (Å²) in [6, 6.07) is 13.6. The van der Waals surface area contributed by atoms with Crippen molar-refractivity contribution in [2.75, 3.05) is 26.1 Å². The van der Waals surface area contributed by atoms with Gasteiger partial charge >= 0.3 is 0 Å². The van der Waals surface area contributed by atoms with E-state index in [9.17, 15) is 0 Å². The van der Waals surface area contributed by atoms with Gasteiger partial charge in [-0.2, -0.15) is 5.10 Å². The second kappa shape index (κ2) is 7.53. The quantitative estimate of drug-likeness (QED) is 0.691. The number of hydrogen-bond donors (Lipinski definition) is 1. The number of rotatable bonds is 4. The fourth-order valence-electron chi connectivity index (χ4n) is 3.48. The van der Waals surface area contributed by atoms with E-state index in [1.54, 1.807) is 14.2 Å². The molecule has 0 amide bonds. The van der Waals surface area contributed by atoms with E-state index in [1.807, 2.05) is 47.1 Å². The zero-order valence-corrected chi connectivity index (χ0v) is 16.2. The molecule has 27 heavy (non-hydrogen) atoms. The van der Waals surface area contributed by atoms with Gasteiger partial charge in [-0.1, -0.05) is 23.7 Å². The number of nitrogens with zero attached hydrogens (tertiary/aromatic N) is 2. The van der Waals surface area contributed by atoms with Crippen molar-refractivity contribution in [3.8, 4) is 28.4 Å². The number of ether oxygens (including phenoxy) is 2. The maximum absolute atomic E-state index is 6.46. The highest BCUT2D eigenvalue weighted by atomic mass is 35.5. The average Bonchev–Trinajstić information content (AvgIpc) is 2.88. The predicted octanol–water partition coefficient (Wildman–Crippen LogP) is 4.96. The Morgan fingerprint density at radius 2 is 1.78 bits per heavy atom. The van der Waals surface area contributed by atoms with Crippen molar-refractivity contribution in [3.05, 3.63) is 53.1 Å². The minimum absolute atomic E-state index is 0.670. The molecule has 0 saturated heterocycles. The monoisotopic (exact) mass is 383 g/mol. The van der Waals surface area contributed by atoms with Crippen LogP contribution in [0.25, 0.3) is 16.9 Å². The summed E-state index contributed by atoms with van der Waals surface area (Å²) >= 11 is 6.46. The van der Waals surface area contributed by atoms with Gasteiger partial charge in [0.05, 0.1) is 30.6 Å². The molecule has 0 saturated carbocycles. The molecule has 0 fully saturated rings. The van der Waals surface area contributed by atoms with Crippen LogP contribution >= 0.6 is 11.6 Å². The fraction of sp³-hybridized carbons (Fsp3) is 0.286. The molecular formula is C21H22ClN3O2. The lowest BCUT2D eigenvalue weighted by Gasteiger charge is -2.10. The molecule has 1 aromatic heterocycles. The summed E-state index contributed by atoms with van der Waals surface area (Å²) in [6.45, 7) is 0.921. The lowest BCUT2D eigenvalue weighted by atomic mass is 10.0. The van der Waals surface area contributed by atoms with Gasteiger partial charge in [0.1, 0.15) is 17.3 Å². The molecule has 0 bridgehead atoms. The van der Waals surface area contributed by atoms with Gasteiger partial charge < -0.3 is 14.8 Å². The van der Waals surface area contributed by atoms with E-state index in [4.69, 9.17) is 26.2 Å². The molecule has 5 nitrogen and oxygen atoms in total. The largest absolute Gasteiger partial charge is 0.497 e. The summed E-state index contributed by atoms with van der Waals surface area (Å²) in [5.74, 6) is 2.50. The molecule has 3 aromatic rings. The van der Waals surface area contributed by atoms with E-state index in [0.717, 1.165) is 60.1 Å². The van der Waals surface area contributed by atoms with Crippen molar-refractivity contribution in [2.24, 2.45) is 0 Å². The number of para-hydroxylation sites is 1. The third-order valence-corrected chi connectivity index (χ3v) is 5.15. The van der Waals surface area contributed by atoms with Crippen molar-refractivity contribution < 1.29 is 9.47 Å². The number of anilines is 1. The van der Waals surface area contributed by atoms with Crippen LogP contribution in [0.3, 0.4) is 0 Å². The Hall–Kier alpha value is -2.66. The molecular weight excluding hydrogens is 362 g/mol. The second-order valence-electron chi connectivity index (χ2n) is 6.52. The Kier molecular flexibility index (Phi) is 4.94. The molecule has 1 aliphatic heterocycles. The van der Waals surface area contributed by atoms with Crippen LogP contribution in [0, 0.1) is 0 Å². The average molecular weight is 384 g/mol. The first-order chi connectivity index (χ1) is 13.2. The van der Waals surface area contributed by atoms with E-state index in [0.29, 0.717) is 5.02 Å². The van der Waals surface area contributed by atoms with Gasteiger partial charge in [-0.05, 0) is 43.5 Å². The number of methoxy groups -OCH3 is 2. The molecule has 1 N–H and O–H groups in total. The van der Waals surface area contributed by atoms with E-state index < -0.39 is 0 Å². The van der Waals surface area contributed by atoms with Crippen molar-refractivity contribution in [3.63, 3.8) is 0 Å². The molecule has 0 spiro atoms. The summed E-state index contributed by atoms with van der Waals surface area (Å²) in [7, 11) is 3.31. The topological polar surface area (TPSA) is 48.3 Å². The minimum atomic E-state index is 0.670. The number of halogens is 1. The smallest absolute Gasteiger partial charge is 0.133 e. The van der Waals surface area contributed by atoms with Crippen LogP contribution in [-0.4, -0.2) is 30.5 Å². The van der Waals surface area contributed by atoms with Crippen molar-refractivity contribution in [1.29, 1.82) is 0 Å². The normalized spacial score (nSPS) is 13.4. The Labute approximate surface area is 163 Å². The molecule has 6 heteroatoms. The molecule has 2 aromatic carbocycles. The highest BCUT2D eigenvalue weighted by Gasteiger charge is 2.23. The summed E-state index contributed by atoms with van der Waals surface area (Å²) in [5.41, 5.74) is 3.96. The molecule has 1 aliphatic rings. The summed E-state index contributed by atoms with van der Waals surface area (Å²) in [6.07, 6.45) is 3.20. The number of nitrogens with one attached hydrogen (secondary N) is 1. The molecule has 0 atom stereocenters. The van der Waals surface area contributed by atoms with Crippen molar-refractivity contribution in [2.45, 2.75) is 19.3 Å². The van der Waals surface area contributed by atoms with Gasteiger partial charge in [0, 0.05) is 23.7 Å². The first-order valence-electron chi connectivity index (χ1n) is 9.05. The molecule has 4 rings (SSSR count). The van der Waals surface area contributed by atoms with E-state index >= 15 is 0 Å².